The Morgan fingerprint density at radius 1 is 0.315 bits per heavy atom. The van der Waals surface area contributed by atoms with E-state index in [1.807, 2.05) is 36.4 Å². The lowest BCUT2D eigenvalue weighted by Gasteiger charge is -2.28. The van der Waals surface area contributed by atoms with Gasteiger partial charge in [0.15, 0.2) is 46.0 Å². The van der Waals surface area contributed by atoms with Crippen molar-refractivity contribution in [2.45, 2.75) is 235 Å². The maximum Gasteiger partial charge on any atom is 0.201 e. The maximum atomic E-state index is 11.0. The van der Waals surface area contributed by atoms with Gasteiger partial charge in [0.25, 0.3) is 0 Å². The number of benzene rings is 4. The lowest BCUT2D eigenvalue weighted by Crippen LogP contribution is -2.19. The number of phenols is 6. The normalized spacial score (nSPS) is 14.5. The summed E-state index contributed by atoms with van der Waals surface area (Å²) in [6, 6.07) is 17.2. The van der Waals surface area contributed by atoms with Crippen molar-refractivity contribution < 1.29 is 40.1 Å². The largest absolute Gasteiger partial charge is 0.504 e. The third kappa shape index (κ3) is 25.3. The molecule has 0 amide bonds. The molecule has 0 radical (unpaired) electrons. The summed E-state index contributed by atoms with van der Waals surface area (Å²) in [5.74, 6) is -0.919. The molecule has 0 heterocycles. The summed E-state index contributed by atoms with van der Waals surface area (Å²) in [7, 11) is 0. The SMILES string of the molecule is C=CC(C)(CC/C=C(\C)CCC=C(C)C)c1ccc(O)c(Oc2cc(C(C)(C=C)CC/C=C(\C)CCC=C(C)C)cc(O)c2O)c1.C=CC(C)(CC/C=C(\C)CCC=C(C)C)c1ccc(Oc2cc(C(C)(C=C)CC/C=C(\C)CCC=C(C)C)cc(O)c2O)c(O)c1. The number of rotatable bonds is 36. The van der Waals surface area contributed by atoms with Crippen molar-refractivity contribution in [3.8, 4) is 57.5 Å². The van der Waals surface area contributed by atoms with E-state index in [1.165, 1.54) is 44.6 Å². The van der Waals surface area contributed by atoms with Crippen LogP contribution in [0, 0.1) is 0 Å². The highest BCUT2D eigenvalue weighted by Gasteiger charge is 2.30. The summed E-state index contributed by atoms with van der Waals surface area (Å²) in [5.41, 5.74) is 12.5. The molecule has 0 saturated heterocycles. The molecular weight excluding hydrogens is 1140 g/mol. The van der Waals surface area contributed by atoms with Crippen molar-refractivity contribution >= 4 is 0 Å². The number of aromatic hydroxyl groups is 6. The van der Waals surface area contributed by atoms with E-state index in [0.29, 0.717) is 0 Å². The number of phenolic OH excluding ortho intramolecular Hbond substituents is 6. The van der Waals surface area contributed by atoms with Crippen LogP contribution in [-0.4, -0.2) is 30.6 Å². The van der Waals surface area contributed by atoms with Crippen LogP contribution in [-0.2, 0) is 21.7 Å². The average Bonchev–Trinajstić information content (AvgIpc) is 1.38. The third-order valence-electron chi connectivity index (χ3n) is 17.9. The third-order valence-corrected chi connectivity index (χ3v) is 17.9. The Labute approximate surface area is 556 Å². The molecule has 4 unspecified atom stereocenters. The second-order valence-corrected chi connectivity index (χ2v) is 27.4. The minimum atomic E-state index is -0.484. The van der Waals surface area contributed by atoms with E-state index >= 15 is 0 Å². The first kappa shape index (κ1) is 78.4. The zero-order valence-electron chi connectivity index (χ0n) is 59.3. The summed E-state index contributed by atoms with van der Waals surface area (Å²) in [4.78, 5) is 0. The second-order valence-electron chi connectivity index (χ2n) is 27.4. The first-order chi connectivity index (χ1) is 43.3. The fourth-order valence-corrected chi connectivity index (χ4v) is 10.8. The van der Waals surface area contributed by atoms with Crippen LogP contribution in [0.25, 0.3) is 0 Å². The fraction of sp³-hybridized carbons (Fsp3) is 0.429. The number of allylic oxidation sites excluding steroid dienone is 20. The smallest absolute Gasteiger partial charge is 0.201 e. The van der Waals surface area contributed by atoms with Crippen molar-refractivity contribution in [1.29, 1.82) is 0 Å². The summed E-state index contributed by atoms with van der Waals surface area (Å²) in [6.45, 7) is 50.4. The number of hydrogen-bond donors (Lipinski definition) is 6. The quantitative estimate of drug-likeness (QED) is 0.0195. The molecule has 0 fully saturated rings. The van der Waals surface area contributed by atoms with E-state index < -0.39 is 10.8 Å². The fourth-order valence-electron chi connectivity index (χ4n) is 10.8. The number of ether oxygens (including phenoxy) is 2. The molecule has 4 aromatic carbocycles. The highest BCUT2D eigenvalue weighted by molar-refractivity contribution is 5.59. The predicted molar refractivity (Wildman–Crippen MR) is 393 cm³/mol. The van der Waals surface area contributed by atoms with Crippen molar-refractivity contribution in [3.05, 3.63) is 227 Å². The Morgan fingerprint density at radius 3 is 0.891 bits per heavy atom. The van der Waals surface area contributed by atoms with Crippen molar-refractivity contribution in [2.75, 3.05) is 0 Å². The van der Waals surface area contributed by atoms with Gasteiger partial charge in [-0.25, -0.2) is 0 Å². The van der Waals surface area contributed by atoms with E-state index in [-0.39, 0.29) is 68.3 Å². The zero-order valence-corrected chi connectivity index (χ0v) is 59.3. The van der Waals surface area contributed by atoms with Gasteiger partial charge < -0.3 is 40.1 Å². The van der Waals surface area contributed by atoms with Gasteiger partial charge in [0, 0.05) is 21.7 Å². The van der Waals surface area contributed by atoms with Gasteiger partial charge in [-0.15, -0.1) is 26.3 Å². The van der Waals surface area contributed by atoms with E-state index in [0.717, 1.165) is 125 Å². The molecule has 4 atom stereocenters. The Hall–Kier alpha value is -7.84. The van der Waals surface area contributed by atoms with Crippen LogP contribution in [0.5, 0.6) is 57.5 Å². The monoisotopic (exact) mass is 1250 g/mol. The van der Waals surface area contributed by atoms with Crippen LogP contribution in [0.15, 0.2) is 204 Å². The first-order valence-electron chi connectivity index (χ1n) is 33.1. The van der Waals surface area contributed by atoms with Gasteiger partial charge in [-0.2, -0.15) is 0 Å². The minimum Gasteiger partial charge on any atom is -0.504 e. The molecule has 8 heteroatoms. The summed E-state index contributed by atoms with van der Waals surface area (Å²) in [6.07, 6.45) is 40.8. The van der Waals surface area contributed by atoms with Crippen LogP contribution in [0.3, 0.4) is 0 Å². The van der Waals surface area contributed by atoms with Crippen LogP contribution < -0.4 is 9.47 Å². The summed E-state index contributed by atoms with van der Waals surface area (Å²) >= 11 is 0. The molecule has 500 valence electrons. The lowest BCUT2D eigenvalue weighted by molar-refractivity contribution is 0.359. The van der Waals surface area contributed by atoms with Gasteiger partial charge in [0.05, 0.1) is 0 Å². The molecule has 0 aliphatic rings. The maximum absolute atomic E-state index is 11.0. The minimum absolute atomic E-state index is 0.0523. The average molecular weight is 1250 g/mol. The van der Waals surface area contributed by atoms with E-state index in [1.54, 1.807) is 48.5 Å². The summed E-state index contributed by atoms with van der Waals surface area (Å²) < 4.78 is 12.2. The van der Waals surface area contributed by atoms with Gasteiger partial charge in [-0.1, -0.05) is 157 Å². The van der Waals surface area contributed by atoms with Crippen molar-refractivity contribution in [1.82, 2.24) is 0 Å². The predicted octanol–water partition coefficient (Wildman–Crippen LogP) is 24.9. The molecule has 0 spiro atoms. The molecule has 0 bridgehead atoms. The van der Waals surface area contributed by atoms with Crippen LogP contribution in [0.1, 0.15) is 236 Å². The zero-order chi connectivity index (χ0) is 69.0. The van der Waals surface area contributed by atoms with Gasteiger partial charge in [0.2, 0.25) is 11.5 Å². The Balaban J connectivity index is 0.000000480. The standard InChI is InChI=1S/2C42H58O4/c1-11-41(9,25-15-21-32(7)19-13-17-30(3)4)34-23-24-36(43)38(28-34)46-39-29-35(27-37(44)40(39)45)42(10,12-2)26-16-22-33(8)20-14-18-31(5)6;1-11-41(9,25-15-21-32(7)19-13-17-30(3)4)34-23-24-38(36(43)27-34)46-39-29-35(28-37(44)40(39)45)42(10,12-2)26-16-22-33(8)20-14-18-31(5)6/h2*11-12,17-18,21-24,27-29,43-45H,1-2,13-16,19-20,25-26H2,3-10H3/b2*32-21+,33-22+. The molecular formula is C84H116O8. The highest BCUT2D eigenvalue weighted by atomic mass is 16.5. The second kappa shape index (κ2) is 37.6. The molecule has 4 aromatic rings. The van der Waals surface area contributed by atoms with E-state index in [9.17, 15) is 30.6 Å². The van der Waals surface area contributed by atoms with Gasteiger partial charge in [-0.05, 0) is 257 Å². The summed E-state index contributed by atoms with van der Waals surface area (Å²) in [5, 5.41) is 64.7. The molecule has 4 rings (SSSR count). The molecule has 6 N–H and O–H groups in total. The first-order valence-corrected chi connectivity index (χ1v) is 33.1. The van der Waals surface area contributed by atoms with Gasteiger partial charge in [0.1, 0.15) is 0 Å². The topological polar surface area (TPSA) is 140 Å². The highest BCUT2D eigenvalue weighted by Crippen LogP contribution is 2.48. The molecule has 92 heavy (non-hydrogen) atoms. The molecule has 0 saturated carbocycles. The van der Waals surface area contributed by atoms with Gasteiger partial charge >= 0.3 is 0 Å². The van der Waals surface area contributed by atoms with E-state index in [4.69, 9.17) is 9.47 Å². The Morgan fingerprint density at radius 2 is 0.587 bits per heavy atom. The number of hydrogen-bond acceptors (Lipinski definition) is 8. The van der Waals surface area contributed by atoms with Crippen LogP contribution >= 0.6 is 0 Å². The molecule has 0 aliphatic heterocycles. The van der Waals surface area contributed by atoms with Gasteiger partial charge in [-0.3, -0.25) is 0 Å². The Kier molecular flexibility index (Phi) is 32.1. The lowest BCUT2D eigenvalue weighted by atomic mass is 9.78. The van der Waals surface area contributed by atoms with Crippen molar-refractivity contribution in [3.63, 3.8) is 0 Å². The van der Waals surface area contributed by atoms with E-state index in [2.05, 4.69) is 186 Å². The molecule has 8 nitrogen and oxygen atoms in total. The molecule has 0 aromatic heterocycles. The Bertz CT molecular complexity index is 3370. The molecule has 0 aliphatic carbocycles. The van der Waals surface area contributed by atoms with Crippen LogP contribution in [0.4, 0.5) is 0 Å². The van der Waals surface area contributed by atoms with Crippen molar-refractivity contribution in [2.24, 2.45) is 0 Å². The van der Waals surface area contributed by atoms with Crippen LogP contribution in [0.2, 0.25) is 0 Å².